The zero-order chi connectivity index (χ0) is 19.3. The number of aliphatic hydroxyl groups is 2. The van der Waals surface area contributed by atoms with E-state index in [0.717, 1.165) is 0 Å². The number of aryl methyl sites for hydroxylation is 1. The highest BCUT2D eigenvalue weighted by Gasteiger charge is 2.65. The summed E-state index contributed by atoms with van der Waals surface area (Å²) in [5, 5.41) is 35.0. The van der Waals surface area contributed by atoms with Crippen LogP contribution in [0.3, 0.4) is 0 Å². The molecule has 0 spiro atoms. The van der Waals surface area contributed by atoms with E-state index in [1.54, 1.807) is 6.92 Å². The Labute approximate surface area is 146 Å². The molecule has 2 aromatic rings. The van der Waals surface area contributed by atoms with E-state index in [9.17, 15) is 20.0 Å². The Morgan fingerprint density at radius 3 is 2.81 bits per heavy atom. The molecule has 2 aromatic heterocycles. The fourth-order valence-corrected chi connectivity index (χ4v) is 3.31. The Morgan fingerprint density at radius 1 is 1.50 bits per heavy atom. The van der Waals surface area contributed by atoms with Gasteiger partial charge in [-0.05, 0) is 13.8 Å². The minimum Gasteiger partial charge on any atom is -0.387 e. The Morgan fingerprint density at radius 2 is 2.19 bits per heavy atom. The molecular formula is C13H16N5O7P. The zero-order valence-electron chi connectivity index (χ0n) is 13.7. The Hall–Kier alpha value is -1.97. The summed E-state index contributed by atoms with van der Waals surface area (Å²) < 4.78 is 22.1. The van der Waals surface area contributed by atoms with Gasteiger partial charge in [0.05, 0.1) is 18.5 Å². The summed E-state index contributed by atoms with van der Waals surface area (Å²) >= 11 is 0. The van der Waals surface area contributed by atoms with Gasteiger partial charge in [0, 0.05) is 0 Å². The number of imidazole rings is 1. The maximum absolute atomic E-state index is 10.9. The maximum atomic E-state index is 10.9. The third kappa shape index (κ3) is 2.70. The average Bonchev–Trinajstić information content (AvgIpc) is 3.06. The van der Waals surface area contributed by atoms with Gasteiger partial charge in [-0.25, -0.2) is 19.0 Å². The highest BCUT2D eigenvalue weighted by atomic mass is 31.2. The van der Waals surface area contributed by atoms with Gasteiger partial charge < -0.3 is 24.7 Å². The molecule has 26 heavy (non-hydrogen) atoms. The predicted octanol–water partition coefficient (Wildman–Crippen LogP) is -1.23. The quantitative estimate of drug-likeness (QED) is 0.462. The molecule has 1 fully saturated rings. The number of hydrogen-bond donors (Lipinski definition) is 4. The van der Waals surface area contributed by atoms with Crippen molar-refractivity contribution in [2.24, 2.45) is 0 Å². The molecule has 1 aliphatic heterocycles. The van der Waals surface area contributed by atoms with E-state index in [-0.39, 0.29) is 5.69 Å². The van der Waals surface area contributed by atoms with Crippen LogP contribution in [0.2, 0.25) is 0 Å². The molecule has 0 aliphatic carbocycles. The van der Waals surface area contributed by atoms with Crippen LogP contribution in [-0.2, 0) is 19.4 Å². The van der Waals surface area contributed by atoms with E-state index in [1.807, 2.05) is 6.07 Å². The number of nitrogens with zero attached hydrogens (tertiary/aromatic N) is 5. The maximum Gasteiger partial charge on any atom is 0.469 e. The summed E-state index contributed by atoms with van der Waals surface area (Å²) in [5.41, 5.74) is -3.40. The van der Waals surface area contributed by atoms with Gasteiger partial charge in [0.1, 0.15) is 35.9 Å². The molecule has 0 unspecified atom stereocenters. The number of aliphatic hydroxyl groups excluding tert-OH is 1. The van der Waals surface area contributed by atoms with E-state index < -0.39 is 37.8 Å². The normalized spacial score (nSPS) is 32.0. The van der Waals surface area contributed by atoms with Crippen LogP contribution in [-0.4, -0.2) is 64.0 Å². The van der Waals surface area contributed by atoms with E-state index in [1.165, 1.54) is 24.0 Å². The monoisotopic (exact) mass is 385 g/mol. The van der Waals surface area contributed by atoms with Crippen molar-refractivity contribution >= 4 is 13.5 Å². The van der Waals surface area contributed by atoms with Crippen molar-refractivity contribution in [1.82, 2.24) is 19.6 Å². The second kappa shape index (κ2) is 6.04. The molecule has 0 bridgehead atoms. The van der Waals surface area contributed by atoms with Gasteiger partial charge in [-0.1, -0.05) is 0 Å². The van der Waals surface area contributed by atoms with Crippen LogP contribution in [0.15, 0.2) is 12.5 Å². The number of ether oxygens (including phenoxy) is 1. The number of aromatic nitrogens is 4. The summed E-state index contributed by atoms with van der Waals surface area (Å²) in [4.78, 5) is 25.8. The van der Waals surface area contributed by atoms with E-state index in [4.69, 9.17) is 14.5 Å². The Bertz CT molecular complexity index is 935. The van der Waals surface area contributed by atoms with E-state index >= 15 is 0 Å². The summed E-state index contributed by atoms with van der Waals surface area (Å²) in [6, 6.07) is 1.84. The van der Waals surface area contributed by atoms with Crippen LogP contribution in [0.5, 0.6) is 0 Å². The molecule has 0 radical (unpaired) electrons. The minimum absolute atomic E-state index is 0.0308. The number of phosphoric ester groups is 1. The topological polar surface area (TPSA) is 183 Å². The lowest BCUT2D eigenvalue weighted by molar-refractivity contribution is -0.109. The van der Waals surface area contributed by atoms with Crippen molar-refractivity contribution in [3.8, 4) is 6.07 Å². The molecule has 140 valence electrons. The number of phosphoric acid groups is 1. The number of fused-ring (bicyclic) bond motifs is 1. The van der Waals surface area contributed by atoms with Crippen molar-refractivity contribution in [1.29, 1.82) is 5.26 Å². The summed E-state index contributed by atoms with van der Waals surface area (Å²) in [5.74, 6) is 0. The van der Waals surface area contributed by atoms with Crippen LogP contribution in [0.4, 0.5) is 0 Å². The van der Waals surface area contributed by atoms with Gasteiger partial charge in [-0.3, -0.25) is 4.52 Å². The van der Waals surface area contributed by atoms with E-state index in [2.05, 4.69) is 19.6 Å². The molecule has 4 N–H and O–H groups in total. The Balaban J connectivity index is 2.09. The zero-order valence-corrected chi connectivity index (χ0v) is 14.6. The molecule has 12 nitrogen and oxygen atoms in total. The summed E-state index contributed by atoms with van der Waals surface area (Å²) in [6.45, 7) is 2.10. The molecule has 0 aromatic carbocycles. The van der Waals surface area contributed by atoms with Gasteiger partial charge in [0.15, 0.2) is 5.65 Å². The molecule has 0 saturated carbocycles. The Kier molecular flexibility index (Phi) is 4.37. The predicted molar refractivity (Wildman–Crippen MR) is 82.3 cm³/mol. The second-order valence-electron chi connectivity index (χ2n) is 6.05. The number of rotatable bonds is 4. The fraction of sp³-hybridized carbons (Fsp3) is 0.538. The number of nitriles is 1. The lowest BCUT2D eigenvalue weighted by Gasteiger charge is -2.32. The molecule has 0 amide bonds. The van der Waals surface area contributed by atoms with Gasteiger partial charge in [0.25, 0.3) is 0 Å². The average molecular weight is 385 g/mol. The van der Waals surface area contributed by atoms with Crippen molar-refractivity contribution < 1.29 is 33.8 Å². The first-order valence-electron chi connectivity index (χ1n) is 7.39. The first kappa shape index (κ1) is 18.8. The van der Waals surface area contributed by atoms with Crippen LogP contribution in [0, 0.1) is 18.3 Å². The molecule has 3 rings (SSSR count). The lowest BCUT2D eigenvalue weighted by atomic mass is 9.80. The summed E-state index contributed by atoms with van der Waals surface area (Å²) in [6.07, 6.45) is -0.575. The first-order valence-corrected chi connectivity index (χ1v) is 8.92. The first-order chi connectivity index (χ1) is 12.0. The fourth-order valence-electron chi connectivity index (χ4n) is 2.96. The van der Waals surface area contributed by atoms with Gasteiger partial charge >= 0.3 is 7.82 Å². The minimum atomic E-state index is -4.84. The van der Waals surface area contributed by atoms with Gasteiger partial charge in [0.2, 0.25) is 5.60 Å². The standard InChI is InChI=1S/C13H16N5O7P/c1-7-11-15-3-9(18(11)17-6-16-7)13(5-14)12(2,20)10(19)8(25-13)4-24-26(21,22)23/h3,6,8,10,19-20H,4H2,1-2H3,(H2,21,22,23)/t8-,10-,12-,13+/m1/s1. The van der Waals surface area contributed by atoms with Gasteiger partial charge in [-0.2, -0.15) is 10.4 Å². The SMILES string of the molecule is Cc1ncnn2c([C@]3(C#N)O[C@H](COP(=O)(O)O)[C@@H](O)[C@@]3(C)O)cnc12. The molecular weight excluding hydrogens is 369 g/mol. The van der Waals surface area contributed by atoms with Crippen molar-refractivity contribution in [2.45, 2.75) is 37.3 Å². The van der Waals surface area contributed by atoms with Crippen LogP contribution < -0.4 is 0 Å². The van der Waals surface area contributed by atoms with Crippen LogP contribution >= 0.6 is 7.82 Å². The lowest BCUT2D eigenvalue weighted by Crippen LogP contribution is -2.52. The third-order valence-electron chi connectivity index (χ3n) is 4.37. The molecule has 3 heterocycles. The van der Waals surface area contributed by atoms with Crippen molar-refractivity contribution in [3.05, 3.63) is 23.9 Å². The molecule has 1 saturated heterocycles. The van der Waals surface area contributed by atoms with Gasteiger partial charge in [-0.15, -0.1) is 0 Å². The second-order valence-corrected chi connectivity index (χ2v) is 7.29. The highest BCUT2D eigenvalue weighted by Crippen LogP contribution is 2.48. The molecule has 1 aliphatic rings. The van der Waals surface area contributed by atoms with Crippen LogP contribution in [0.1, 0.15) is 18.3 Å². The molecule has 4 atom stereocenters. The largest absolute Gasteiger partial charge is 0.469 e. The van der Waals surface area contributed by atoms with Crippen molar-refractivity contribution in [3.63, 3.8) is 0 Å². The van der Waals surface area contributed by atoms with E-state index in [0.29, 0.717) is 11.3 Å². The summed E-state index contributed by atoms with van der Waals surface area (Å²) in [7, 11) is -4.84. The van der Waals surface area contributed by atoms with Crippen LogP contribution in [0.25, 0.3) is 5.65 Å². The number of hydrogen-bond acceptors (Lipinski definition) is 9. The van der Waals surface area contributed by atoms with Crippen molar-refractivity contribution in [2.75, 3.05) is 6.61 Å². The third-order valence-corrected chi connectivity index (χ3v) is 4.86. The highest BCUT2D eigenvalue weighted by molar-refractivity contribution is 7.46. The molecule has 13 heteroatoms. The smallest absolute Gasteiger partial charge is 0.387 e.